The second kappa shape index (κ2) is 11.0. The number of aryl methyl sites for hydroxylation is 1. The first-order chi connectivity index (χ1) is 15.5. The van der Waals surface area contributed by atoms with E-state index in [0.29, 0.717) is 34.5 Å². The van der Waals surface area contributed by atoms with Crippen LogP contribution in [0.3, 0.4) is 0 Å². The van der Waals surface area contributed by atoms with Gasteiger partial charge < -0.3 is 24.3 Å². The predicted molar refractivity (Wildman–Crippen MR) is 121 cm³/mol. The van der Waals surface area contributed by atoms with Crippen LogP contribution in [0.2, 0.25) is 5.15 Å². The Morgan fingerprint density at radius 2 is 1.78 bits per heavy atom. The van der Waals surface area contributed by atoms with Gasteiger partial charge >= 0.3 is 5.97 Å². The lowest BCUT2D eigenvalue weighted by atomic mass is 10.1. The van der Waals surface area contributed by atoms with Crippen LogP contribution in [0.4, 0.5) is 0 Å². The molecule has 1 aromatic heterocycles. The lowest BCUT2D eigenvalue weighted by Crippen LogP contribution is -2.18. The molecule has 0 aliphatic rings. The number of ether oxygens (including phenoxy) is 2. The van der Waals surface area contributed by atoms with E-state index in [1.54, 1.807) is 43.5 Å². The molecule has 32 heavy (non-hydrogen) atoms. The van der Waals surface area contributed by atoms with E-state index in [1.807, 2.05) is 16.7 Å². The molecule has 3 aromatic rings. The highest BCUT2D eigenvalue weighted by Crippen LogP contribution is 2.26. The summed E-state index contributed by atoms with van der Waals surface area (Å²) in [5.74, 6) is 0.837. The van der Waals surface area contributed by atoms with Crippen molar-refractivity contribution in [3.05, 3.63) is 76.3 Å². The summed E-state index contributed by atoms with van der Waals surface area (Å²) >= 11 is 6.21. The first-order valence-corrected chi connectivity index (χ1v) is 10.8. The van der Waals surface area contributed by atoms with Gasteiger partial charge in [-0.05, 0) is 36.2 Å². The quantitative estimate of drug-likeness (QED) is 0.435. The molecule has 8 heteroatoms. The van der Waals surface area contributed by atoms with Gasteiger partial charge in [0.25, 0.3) is 0 Å². The van der Waals surface area contributed by atoms with Crippen LogP contribution in [0.15, 0.2) is 48.5 Å². The SMILES string of the molecule is CCCCc1nc(Cl)c(CO)n1Cc1ccc(OC(C(=O)O)c2ccc(OC)cc2)cc1. The molecular weight excluding hydrogens is 432 g/mol. The van der Waals surface area contributed by atoms with Crippen molar-refractivity contribution in [2.24, 2.45) is 0 Å². The minimum absolute atomic E-state index is 0.193. The first kappa shape index (κ1) is 23.6. The number of carboxylic acid groups (broad SMARTS) is 1. The molecule has 1 atom stereocenters. The molecule has 0 amide bonds. The summed E-state index contributed by atoms with van der Waals surface area (Å²) in [7, 11) is 1.55. The second-order valence-electron chi connectivity index (χ2n) is 7.37. The van der Waals surface area contributed by atoms with Gasteiger partial charge in [-0.25, -0.2) is 9.78 Å². The molecule has 0 saturated heterocycles. The number of unbranched alkanes of at least 4 members (excludes halogenated alkanes) is 1. The van der Waals surface area contributed by atoms with E-state index in [9.17, 15) is 15.0 Å². The van der Waals surface area contributed by atoms with Crippen molar-refractivity contribution in [2.45, 2.75) is 45.4 Å². The number of aliphatic carboxylic acids is 1. The van der Waals surface area contributed by atoms with Crippen molar-refractivity contribution in [1.29, 1.82) is 0 Å². The van der Waals surface area contributed by atoms with E-state index in [1.165, 1.54) is 0 Å². The molecule has 0 radical (unpaired) electrons. The van der Waals surface area contributed by atoms with Crippen molar-refractivity contribution in [3.63, 3.8) is 0 Å². The molecule has 7 nitrogen and oxygen atoms in total. The number of aliphatic hydroxyl groups excluding tert-OH is 1. The van der Waals surface area contributed by atoms with E-state index in [0.717, 1.165) is 30.7 Å². The molecule has 2 aromatic carbocycles. The van der Waals surface area contributed by atoms with E-state index in [4.69, 9.17) is 21.1 Å². The van der Waals surface area contributed by atoms with Gasteiger partial charge in [0, 0.05) is 18.5 Å². The summed E-state index contributed by atoms with van der Waals surface area (Å²) in [5, 5.41) is 19.7. The average Bonchev–Trinajstić information content (AvgIpc) is 3.10. The molecule has 0 bridgehead atoms. The molecule has 3 rings (SSSR count). The summed E-state index contributed by atoms with van der Waals surface area (Å²) in [4.78, 5) is 16.2. The number of carboxylic acids is 1. The van der Waals surface area contributed by atoms with Crippen LogP contribution in [-0.4, -0.2) is 32.8 Å². The van der Waals surface area contributed by atoms with E-state index < -0.39 is 12.1 Å². The van der Waals surface area contributed by atoms with Crippen LogP contribution in [0.1, 0.15) is 48.5 Å². The highest BCUT2D eigenvalue weighted by molar-refractivity contribution is 6.30. The van der Waals surface area contributed by atoms with E-state index in [2.05, 4.69) is 11.9 Å². The minimum atomic E-state index is -1.14. The Morgan fingerprint density at radius 3 is 2.34 bits per heavy atom. The Labute approximate surface area is 192 Å². The maximum atomic E-state index is 11.8. The van der Waals surface area contributed by atoms with Crippen LogP contribution in [-0.2, 0) is 24.4 Å². The fraction of sp³-hybridized carbons (Fsp3) is 0.333. The van der Waals surface area contributed by atoms with Gasteiger partial charge in [-0.2, -0.15) is 0 Å². The molecule has 170 valence electrons. The Morgan fingerprint density at radius 1 is 1.12 bits per heavy atom. The Bertz CT molecular complexity index is 1030. The molecule has 1 heterocycles. The molecule has 0 fully saturated rings. The van der Waals surface area contributed by atoms with Crippen molar-refractivity contribution >= 4 is 17.6 Å². The lowest BCUT2D eigenvalue weighted by Gasteiger charge is -2.16. The second-order valence-corrected chi connectivity index (χ2v) is 7.72. The fourth-order valence-electron chi connectivity index (χ4n) is 3.40. The Hall–Kier alpha value is -3.03. The molecule has 0 spiro atoms. The molecule has 0 aliphatic carbocycles. The molecule has 0 aliphatic heterocycles. The zero-order valence-corrected chi connectivity index (χ0v) is 18.9. The molecular formula is C24H27ClN2O5. The number of nitrogens with zero attached hydrogens (tertiary/aromatic N) is 2. The molecule has 0 saturated carbocycles. The maximum Gasteiger partial charge on any atom is 0.349 e. The number of imidazole rings is 1. The number of benzene rings is 2. The number of aliphatic hydroxyl groups is 1. The topological polar surface area (TPSA) is 93.8 Å². The summed E-state index contributed by atoms with van der Waals surface area (Å²) in [6, 6.07) is 13.9. The van der Waals surface area contributed by atoms with Crippen LogP contribution in [0, 0.1) is 0 Å². The number of rotatable bonds is 11. The first-order valence-electron chi connectivity index (χ1n) is 10.4. The number of hydrogen-bond acceptors (Lipinski definition) is 5. The highest BCUT2D eigenvalue weighted by Gasteiger charge is 2.22. The zero-order chi connectivity index (χ0) is 23.1. The van der Waals surface area contributed by atoms with Crippen molar-refractivity contribution in [1.82, 2.24) is 9.55 Å². The number of carbonyl (C=O) groups is 1. The van der Waals surface area contributed by atoms with E-state index in [-0.39, 0.29) is 6.61 Å². The largest absolute Gasteiger partial charge is 0.497 e. The fourth-order valence-corrected chi connectivity index (χ4v) is 3.66. The van der Waals surface area contributed by atoms with Gasteiger partial charge in [-0.3, -0.25) is 0 Å². The van der Waals surface area contributed by atoms with Crippen molar-refractivity contribution < 1.29 is 24.5 Å². The zero-order valence-electron chi connectivity index (χ0n) is 18.1. The van der Waals surface area contributed by atoms with Gasteiger partial charge in [-0.1, -0.05) is 49.2 Å². The smallest absolute Gasteiger partial charge is 0.349 e. The van der Waals surface area contributed by atoms with Gasteiger partial charge in [0.2, 0.25) is 6.10 Å². The summed E-state index contributed by atoms with van der Waals surface area (Å²) in [5.41, 5.74) is 2.06. The average molecular weight is 459 g/mol. The Balaban J connectivity index is 1.76. The van der Waals surface area contributed by atoms with Crippen LogP contribution in [0.5, 0.6) is 11.5 Å². The monoisotopic (exact) mass is 458 g/mol. The molecule has 1 unspecified atom stereocenters. The normalized spacial score (nSPS) is 11.9. The number of halogens is 1. The summed E-state index contributed by atoms with van der Waals surface area (Å²) in [6.07, 6.45) is 1.65. The lowest BCUT2D eigenvalue weighted by molar-refractivity contribution is -0.145. The van der Waals surface area contributed by atoms with Crippen LogP contribution in [0.25, 0.3) is 0 Å². The van der Waals surface area contributed by atoms with Gasteiger partial charge in [0.15, 0.2) is 5.15 Å². The Kier molecular flexibility index (Phi) is 8.14. The van der Waals surface area contributed by atoms with Crippen molar-refractivity contribution in [2.75, 3.05) is 7.11 Å². The van der Waals surface area contributed by atoms with Gasteiger partial charge in [0.1, 0.15) is 17.3 Å². The third-order valence-electron chi connectivity index (χ3n) is 5.17. The van der Waals surface area contributed by atoms with Crippen LogP contribution >= 0.6 is 11.6 Å². The number of methoxy groups -OCH3 is 1. The third kappa shape index (κ3) is 5.60. The molecule has 2 N–H and O–H groups in total. The standard InChI is InChI=1S/C24H27ClN2O5/c1-3-4-5-21-26-23(25)20(15-28)27(21)14-16-6-10-19(11-7-16)32-22(24(29)30)17-8-12-18(31-2)13-9-17/h6-13,22,28H,3-5,14-15H2,1-2H3,(H,29,30). The highest BCUT2D eigenvalue weighted by atomic mass is 35.5. The number of aromatic nitrogens is 2. The summed E-state index contributed by atoms with van der Waals surface area (Å²) in [6.45, 7) is 2.41. The van der Waals surface area contributed by atoms with E-state index >= 15 is 0 Å². The van der Waals surface area contributed by atoms with Crippen molar-refractivity contribution in [3.8, 4) is 11.5 Å². The van der Waals surface area contributed by atoms with Gasteiger partial charge in [-0.15, -0.1) is 0 Å². The maximum absolute atomic E-state index is 11.8. The number of hydrogen-bond donors (Lipinski definition) is 2. The minimum Gasteiger partial charge on any atom is -0.497 e. The van der Waals surface area contributed by atoms with Gasteiger partial charge in [0.05, 0.1) is 19.4 Å². The summed E-state index contributed by atoms with van der Waals surface area (Å²) < 4.78 is 12.8. The predicted octanol–water partition coefficient (Wildman–Crippen LogP) is 4.63. The van der Waals surface area contributed by atoms with Crippen LogP contribution < -0.4 is 9.47 Å². The third-order valence-corrected chi connectivity index (χ3v) is 5.47.